The molecule has 0 radical (unpaired) electrons. The van der Waals surface area contributed by atoms with E-state index in [-0.39, 0.29) is 0 Å². The van der Waals surface area contributed by atoms with Crippen molar-refractivity contribution in [1.29, 1.82) is 0 Å². The van der Waals surface area contributed by atoms with Crippen LogP contribution in [0.25, 0.3) is 0 Å². The molecule has 0 aliphatic heterocycles. The van der Waals surface area contributed by atoms with Crippen LogP contribution in [0.1, 0.15) is 27.7 Å². The van der Waals surface area contributed by atoms with Crippen molar-refractivity contribution in [3.05, 3.63) is 12.2 Å². The lowest BCUT2D eigenvalue weighted by Gasteiger charge is -2.23. The summed E-state index contributed by atoms with van der Waals surface area (Å²) in [4.78, 5) is 10.2. The molecule has 0 aromatic heterocycles. The molecule has 0 aromatic carbocycles. The number of carbonyl (C=O) groups excluding carboxylic acids is 1. The zero-order valence-electron chi connectivity index (χ0n) is 10.2. The van der Waals surface area contributed by atoms with Crippen molar-refractivity contribution in [2.75, 3.05) is 6.26 Å². The monoisotopic (exact) mass is 250 g/mol. The molecule has 0 spiro atoms. The summed E-state index contributed by atoms with van der Waals surface area (Å²) in [5, 5.41) is 0. The van der Waals surface area contributed by atoms with E-state index in [9.17, 15) is 13.2 Å². The van der Waals surface area contributed by atoms with Crippen molar-refractivity contribution in [1.82, 2.24) is 0 Å². The van der Waals surface area contributed by atoms with Crippen molar-refractivity contribution < 1.29 is 22.1 Å². The Hall–Kier alpha value is -0.880. The summed E-state index contributed by atoms with van der Waals surface area (Å²) in [5.74, 6) is 0. The quantitative estimate of drug-likeness (QED) is 0.403. The van der Waals surface area contributed by atoms with Crippen LogP contribution >= 0.6 is 0 Å². The highest BCUT2D eigenvalue weighted by Crippen LogP contribution is 2.18. The number of carbonyl (C=O) groups is 1. The van der Waals surface area contributed by atoms with Crippen LogP contribution in [0.2, 0.25) is 0 Å². The van der Waals surface area contributed by atoms with Gasteiger partial charge >= 0.3 is 0 Å². The first-order valence-corrected chi connectivity index (χ1v) is 6.52. The third-order valence-electron chi connectivity index (χ3n) is 1.60. The third kappa shape index (κ3) is 7.42. The molecule has 0 atom stereocenters. The molecule has 0 aliphatic carbocycles. The second-order valence-corrected chi connectivity index (χ2v) is 6.12. The first-order chi connectivity index (χ1) is 6.97. The lowest BCUT2D eigenvalue weighted by Crippen LogP contribution is -2.27. The average molecular weight is 250 g/mol. The van der Waals surface area contributed by atoms with Gasteiger partial charge in [-0.15, -0.1) is 0 Å². The molecule has 5 nitrogen and oxygen atoms in total. The molecular weight excluding hydrogens is 232 g/mol. The Morgan fingerprint density at radius 3 is 1.81 bits per heavy atom. The van der Waals surface area contributed by atoms with Gasteiger partial charge in [-0.2, -0.15) is 8.42 Å². The van der Waals surface area contributed by atoms with Gasteiger partial charge in [0.25, 0.3) is 16.6 Å². The SMILES string of the molecule is CC(C)(C=CC(C)(C)OS(C)(=O)=O)OC=O. The fourth-order valence-electron chi connectivity index (χ4n) is 0.983. The van der Waals surface area contributed by atoms with Crippen LogP contribution in [0.4, 0.5) is 0 Å². The zero-order chi connectivity index (χ0) is 13.0. The number of hydrogen-bond donors (Lipinski definition) is 0. The van der Waals surface area contributed by atoms with Gasteiger partial charge in [0.2, 0.25) is 0 Å². The van der Waals surface area contributed by atoms with E-state index < -0.39 is 21.3 Å². The summed E-state index contributed by atoms with van der Waals surface area (Å²) in [7, 11) is -3.52. The van der Waals surface area contributed by atoms with Crippen LogP contribution in [-0.2, 0) is 23.8 Å². The van der Waals surface area contributed by atoms with Crippen LogP contribution < -0.4 is 0 Å². The van der Waals surface area contributed by atoms with Gasteiger partial charge in [-0.3, -0.25) is 8.98 Å². The molecule has 0 fully saturated rings. The summed E-state index contributed by atoms with van der Waals surface area (Å²) >= 11 is 0. The fourth-order valence-corrected chi connectivity index (χ4v) is 1.82. The minimum atomic E-state index is -3.52. The van der Waals surface area contributed by atoms with E-state index in [0.29, 0.717) is 6.47 Å². The van der Waals surface area contributed by atoms with Crippen LogP contribution in [0, 0.1) is 0 Å². The molecule has 0 aromatic rings. The average Bonchev–Trinajstić information content (AvgIpc) is 1.97. The Kier molecular flexibility index (Phi) is 4.69. The summed E-state index contributed by atoms with van der Waals surface area (Å²) in [6, 6.07) is 0. The highest BCUT2D eigenvalue weighted by atomic mass is 32.2. The highest BCUT2D eigenvalue weighted by molar-refractivity contribution is 7.86. The first-order valence-electron chi connectivity index (χ1n) is 4.70. The largest absolute Gasteiger partial charge is 0.458 e. The van der Waals surface area contributed by atoms with Crippen LogP contribution in [0.3, 0.4) is 0 Å². The summed E-state index contributed by atoms with van der Waals surface area (Å²) in [6.45, 7) is 6.89. The van der Waals surface area contributed by atoms with Crippen molar-refractivity contribution >= 4 is 16.6 Å². The van der Waals surface area contributed by atoms with E-state index in [2.05, 4.69) is 0 Å². The maximum Gasteiger partial charge on any atom is 0.293 e. The zero-order valence-corrected chi connectivity index (χ0v) is 11.0. The molecule has 6 heteroatoms. The van der Waals surface area contributed by atoms with Crippen LogP contribution in [0.15, 0.2) is 12.2 Å². The van der Waals surface area contributed by atoms with Gasteiger partial charge in [0.05, 0.1) is 6.26 Å². The molecule has 0 heterocycles. The number of ether oxygens (including phenoxy) is 1. The van der Waals surface area contributed by atoms with Gasteiger partial charge in [-0.05, 0) is 33.8 Å². The molecule has 0 aliphatic rings. The smallest absolute Gasteiger partial charge is 0.293 e. The minimum Gasteiger partial charge on any atom is -0.458 e. The number of rotatable bonds is 6. The fraction of sp³-hybridized carbons (Fsp3) is 0.700. The van der Waals surface area contributed by atoms with Crippen LogP contribution in [0.5, 0.6) is 0 Å². The molecule has 0 unspecified atom stereocenters. The van der Waals surface area contributed by atoms with Crippen LogP contribution in [-0.4, -0.2) is 32.3 Å². The second kappa shape index (κ2) is 4.97. The predicted octanol–water partition coefficient (Wildman–Crippen LogP) is 1.25. The van der Waals surface area contributed by atoms with E-state index in [4.69, 9.17) is 8.92 Å². The minimum absolute atomic E-state index is 0.342. The molecule has 94 valence electrons. The first kappa shape index (κ1) is 15.1. The normalized spacial score (nSPS) is 14.1. The Balaban J connectivity index is 4.70. The summed E-state index contributed by atoms with van der Waals surface area (Å²) in [6.07, 6.45) is 4.10. The molecule has 0 saturated heterocycles. The van der Waals surface area contributed by atoms with E-state index in [1.54, 1.807) is 33.8 Å². The molecule has 0 bridgehead atoms. The maximum atomic E-state index is 11.0. The van der Waals surface area contributed by atoms with Crippen molar-refractivity contribution in [2.45, 2.75) is 38.9 Å². The molecule has 0 N–H and O–H groups in total. The Bertz CT molecular complexity index is 365. The topological polar surface area (TPSA) is 69.7 Å². The van der Waals surface area contributed by atoms with E-state index >= 15 is 0 Å². The maximum absolute atomic E-state index is 11.0. The van der Waals surface area contributed by atoms with Crippen molar-refractivity contribution in [3.8, 4) is 0 Å². The van der Waals surface area contributed by atoms with E-state index in [0.717, 1.165) is 6.26 Å². The highest BCUT2D eigenvalue weighted by Gasteiger charge is 2.23. The molecule has 16 heavy (non-hydrogen) atoms. The molecular formula is C10H18O5S. The van der Waals surface area contributed by atoms with Gasteiger partial charge in [0.15, 0.2) is 0 Å². The molecule has 0 rings (SSSR count). The summed E-state index contributed by atoms with van der Waals surface area (Å²) < 4.78 is 31.5. The van der Waals surface area contributed by atoms with Crippen molar-refractivity contribution in [3.63, 3.8) is 0 Å². The predicted molar refractivity (Wildman–Crippen MR) is 60.4 cm³/mol. The lowest BCUT2D eigenvalue weighted by atomic mass is 10.0. The molecule has 0 amide bonds. The molecule has 0 saturated carbocycles. The van der Waals surface area contributed by atoms with Gasteiger partial charge in [-0.25, -0.2) is 0 Å². The van der Waals surface area contributed by atoms with Gasteiger partial charge in [0, 0.05) is 0 Å². The summed E-state index contributed by atoms with van der Waals surface area (Å²) in [5.41, 5.74) is -1.77. The van der Waals surface area contributed by atoms with E-state index in [1.807, 2.05) is 0 Å². The Morgan fingerprint density at radius 2 is 1.44 bits per heavy atom. The second-order valence-electron chi connectivity index (χ2n) is 4.54. The standard InChI is InChI=1S/C10H18O5S/c1-9(2,14-8-11)6-7-10(3,4)15-16(5,12)13/h6-8H,1-5H3. The number of hydrogen-bond acceptors (Lipinski definition) is 5. The lowest BCUT2D eigenvalue weighted by molar-refractivity contribution is -0.136. The van der Waals surface area contributed by atoms with Gasteiger partial charge in [-0.1, -0.05) is 6.08 Å². The van der Waals surface area contributed by atoms with Gasteiger partial charge in [0.1, 0.15) is 11.2 Å². The van der Waals surface area contributed by atoms with Crippen molar-refractivity contribution in [2.24, 2.45) is 0 Å². The van der Waals surface area contributed by atoms with E-state index in [1.165, 1.54) is 6.08 Å². The van der Waals surface area contributed by atoms with Gasteiger partial charge < -0.3 is 4.74 Å². The Morgan fingerprint density at radius 1 is 1.00 bits per heavy atom. The third-order valence-corrected chi connectivity index (χ3v) is 2.34. The Labute approximate surface area is 96.6 Å².